The molecule has 2 aromatic rings. The van der Waals surface area contributed by atoms with E-state index in [-0.39, 0.29) is 6.04 Å². The van der Waals surface area contributed by atoms with Gasteiger partial charge in [0.15, 0.2) is 0 Å². The molecule has 0 fully saturated rings. The zero-order chi connectivity index (χ0) is 10.7. The molecular formula is C12H16N2S. The lowest BCUT2D eigenvalue weighted by molar-refractivity contribution is 0.695. The molecule has 2 heterocycles. The molecule has 1 atom stereocenters. The van der Waals surface area contributed by atoms with Crippen molar-refractivity contribution in [2.45, 2.75) is 25.9 Å². The van der Waals surface area contributed by atoms with Gasteiger partial charge in [-0.1, -0.05) is 0 Å². The first-order valence-corrected chi connectivity index (χ1v) is 6.12. The number of hydrogen-bond acceptors (Lipinski definition) is 2. The molecule has 2 N–H and O–H groups in total. The minimum Gasteiger partial charge on any atom is -0.354 e. The summed E-state index contributed by atoms with van der Waals surface area (Å²) in [6.45, 7) is 3.04. The molecule has 2 nitrogen and oxygen atoms in total. The smallest absolute Gasteiger partial charge is 0.0281 e. The first kappa shape index (κ1) is 10.5. The summed E-state index contributed by atoms with van der Waals surface area (Å²) in [5.74, 6) is 0. The van der Waals surface area contributed by atoms with Gasteiger partial charge in [0.05, 0.1) is 0 Å². The molecular weight excluding hydrogens is 204 g/mol. The van der Waals surface area contributed by atoms with Crippen molar-refractivity contribution in [3.63, 3.8) is 0 Å². The lowest BCUT2D eigenvalue weighted by Crippen LogP contribution is -2.04. The van der Waals surface area contributed by atoms with Crippen molar-refractivity contribution in [2.24, 2.45) is 5.73 Å². The highest BCUT2D eigenvalue weighted by Gasteiger charge is 2.01. The molecule has 3 heteroatoms. The van der Waals surface area contributed by atoms with Crippen molar-refractivity contribution in [3.05, 3.63) is 46.4 Å². The Labute approximate surface area is 94.3 Å². The summed E-state index contributed by atoms with van der Waals surface area (Å²) < 4.78 is 2.20. The van der Waals surface area contributed by atoms with Gasteiger partial charge in [-0.25, -0.2) is 0 Å². The summed E-state index contributed by atoms with van der Waals surface area (Å²) in [4.78, 5) is 0. The van der Waals surface area contributed by atoms with E-state index in [9.17, 15) is 0 Å². The maximum Gasteiger partial charge on any atom is 0.0281 e. The van der Waals surface area contributed by atoms with Crippen LogP contribution in [0.15, 0.2) is 35.3 Å². The predicted octanol–water partition coefficient (Wildman–Crippen LogP) is 2.81. The van der Waals surface area contributed by atoms with Crippen LogP contribution in [0.1, 0.15) is 24.1 Å². The molecule has 80 valence electrons. The largest absolute Gasteiger partial charge is 0.354 e. The molecule has 0 aliphatic heterocycles. The molecule has 2 rings (SSSR count). The van der Waals surface area contributed by atoms with E-state index in [4.69, 9.17) is 5.73 Å². The number of hydrogen-bond donors (Lipinski definition) is 1. The van der Waals surface area contributed by atoms with Crippen LogP contribution in [0.2, 0.25) is 0 Å². The van der Waals surface area contributed by atoms with Gasteiger partial charge in [-0.2, -0.15) is 11.3 Å². The van der Waals surface area contributed by atoms with Crippen LogP contribution in [-0.4, -0.2) is 4.57 Å². The molecule has 1 unspecified atom stereocenters. The standard InChI is InChI=1S/C12H16N2S/c1-10(13)12-3-6-14(8-12)5-2-11-4-7-15-9-11/h3-4,6-10H,2,5,13H2,1H3. The van der Waals surface area contributed by atoms with E-state index >= 15 is 0 Å². The molecule has 0 radical (unpaired) electrons. The monoisotopic (exact) mass is 220 g/mol. The Bertz CT molecular complexity index is 401. The second-order valence-corrected chi connectivity index (χ2v) is 4.63. The molecule has 15 heavy (non-hydrogen) atoms. The maximum absolute atomic E-state index is 5.81. The van der Waals surface area contributed by atoms with Gasteiger partial charge in [0.25, 0.3) is 0 Å². The third-order valence-corrected chi connectivity index (χ3v) is 3.27. The van der Waals surface area contributed by atoms with Gasteiger partial charge in [0, 0.05) is 25.0 Å². The van der Waals surface area contributed by atoms with E-state index in [0.29, 0.717) is 0 Å². The Morgan fingerprint density at radius 2 is 2.33 bits per heavy atom. The van der Waals surface area contributed by atoms with Crippen LogP contribution in [0.3, 0.4) is 0 Å². The van der Waals surface area contributed by atoms with Crippen LogP contribution < -0.4 is 5.73 Å². The lowest BCUT2D eigenvalue weighted by atomic mass is 10.2. The first-order valence-electron chi connectivity index (χ1n) is 5.18. The van der Waals surface area contributed by atoms with Gasteiger partial charge < -0.3 is 10.3 Å². The fourth-order valence-corrected chi connectivity index (χ4v) is 2.26. The molecule has 0 amide bonds. The highest BCUT2D eigenvalue weighted by Crippen LogP contribution is 2.11. The van der Waals surface area contributed by atoms with Gasteiger partial charge in [0.1, 0.15) is 0 Å². The highest BCUT2D eigenvalue weighted by molar-refractivity contribution is 7.07. The zero-order valence-corrected chi connectivity index (χ0v) is 9.70. The third kappa shape index (κ3) is 2.70. The molecule has 0 saturated heterocycles. The molecule has 0 aromatic carbocycles. The predicted molar refractivity (Wildman–Crippen MR) is 65.1 cm³/mol. The highest BCUT2D eigenvalue weighted by atomic mass is 32.1. The summed E-state index contributed by atoms with van der Waals surface area (Å²) in [6.07, 6.45) is 5.33. The number of aryl methyl sites for hydroxylation is 2. The van der Waals surface area contributed by atoms with E-state index < -0.39 is 0 Å². The van der Waals surface area contributed by atoms with Crippen LogP contribution in [0.4, 0.5) is 0 Å². The van der Waals surface area contributed by atoms with Crippen molar-refractivity contribution in [3.8, 4) is 0 Å². The maximum atomic E-state index is 5.81. The first-order chi connectivity index (χ1) is 7.25. The topological polar surface area (TPSA) is 30.9 Å². The number of rotatable bonds is 4. The molecule has 0 spiro atoms. The van der Waals surface area contributed by atoms with Gasteiger partial charge in [-0.3, -0.25) is 0 Å². The zero-order valence-electron chi connectivity index (χ0n) is 8.89. The Hall–Kier alpha value is -1.06. The van der Waals surface area contributed by atoms with Gasteiger partial charge in [-0.05, 0) is 47.4 Å². The Balaban J connectivity index is 1.94. The van der Waals surface area contributed by atoms with E-state index in [2.05, 4.69) is 39.9 Å². The van der Waals surface area contributed by atoms with Crippen molar-refractivity contribution in [1.82, 2.24) is 4.57 Å². The average Bonchev–Trinajstić information content (AvgIpc) is 2.86. The van der Waals surface area contributed by atoms with Crippen LogP contribution in [0.5, 0.6) is 0 Å². The van der Waals surface area contributed by atoms with Crippen LogP contribution >= 0.6 is 11.3 Å². The fourth-order valence-electron chi connectivity index (χ4n) is 1.56. The van der Waals surface area contributed by atoms with E-state index in [1.807, 2.05) is 6.92 Å². The normalized spacial score (nSPS) is 12.9. The van der Waals surface area contributed by atoms with Gasteiger partial charge in [0.2, 0.25) is 0 Å². The minimum absolute atomic E-state index is 0.132. The number of nitrogens with two attached hydrogens (primary N) is 1. The quantitative estimate of drug-likeness (QED) is 0.844. The van der Waals surface area contributed by atoms with Crippen LogP contribution in [-0.2, 0) is 13.0 Å². The molecule has 0 aliphatic carbocycles. The Morgan fingerprint density at radius 1 is 1.47 bits per heavy atom. The number of nitrogens with zero attached hydrogens (tertiary/aromatic N) is 1. The summed E-state index contributed by atoms with van der Waals surface area (Å²) >= 11 is 1.76. The second kappa shape index (κ2) is 4.64. The molecule has 0 aliphatic rings. The second-order valence-electron chi connectivity index (χ2n) is 3.85. The van der Waals surface area contributed by atoms with Crippen molar-refractivity contribution < 1.29 is 0 Å². The van der Waals surface area contributed by atoms with Crippen molar-refractivity contribution in [1.29, 1.82) is 0 Å². The third-order valence-electron chi connectivity index (χ3n) is 2.54. The number of thiophene rings is 1. The van der Waals surface area contributed by atoms with Crippen LogP contribution in [0.25, 0.3) is 0 Å². The van der Waals surface area contributed by atoms with Crippen molar-refractivity contribution in [2.75, 3.05) is 0 Å². The van der Waals surface area contributed by atoms with E-state index in [1.54, 1.807) is 11.3 Å². The van der Waals surface area contributed by atoms with Crippen LogP contribution in [0, 0.1) is 0 Å². The minimum atomic E-state index is 0.132. The number of aromatic nitrogens is 1. The van der Waals surface area contributed by atoms with Gasteiger partial charge >= 0.3 is 0 Å². The molecule has 0 bridgehead atoms. The van der Waals surface area contributed by atoms with Crippen molar-refractivity contribution >= 4 is 11.3 Å². The lowest BCUT2D eigenvalue weighted by Gasteiger charge is -2.02. The Kier molecular flexibility index (Phi) is 3.23. The SMILES string of the molecule is CC(N)c1ccn(CCc2ccsc2)c1. The van der Waals surface area contributed by atoms with E-state index in [0.717, 1.165) is 13.0 Å². The fraction of sp³-hybridized carbons (Fsp3) is 0.333. The average molecular weight is 220 g/mol. The summed E-state index contributed by atoms with van der Waals surface area (Å²) in [5.41, 5.74) is 8.43. The van der Waals surface area contributed by atoms with E-state index in [1.165, 1.54) is 11.1 Å². The molecule has 2 aromatic heterocycles. The summed E-state index contributed by atoms with van der Waals surface area (Å²) in [6, 6.07) is 4.41. The molecule has 0 saturated carbocycles. The van der Waals surface area contributed by atoms with Gasteiger partial charge in [-0.15, -0.1) is 0 Å². The summed E-state index contributed by atoms with van der Waals surface area (Å²) in [5, 5.41) is 4.33. The summed E-state index contributed by atoms with van der Waals surface area (Å²) in [7, 11) is 0. The Morgan fingerprint density at radius 3 is 2.93 bits per heavy atom.